The second-order valence-corrected chi connectivity index (χ2v) is 5.10. The minimum absolute atomic E-state index is 0.391. The molecule has 2 aromatic rings. The second kappa shape index (κ2) is 7.21. The van der Waals surface area contributed by atoms with Crippen LogP contribution in [0.3, 0.4) is 0 Å². The number of hydrogen-bond acceptors (Lipinski definition) is 4. The molecule has 2 heterocycles. The number of nitrogens with one attached hydrogen (secondary N) is 1. The largest absolute Gasteiger partial charge is 0.383 e. The third-order valence-electron chi connectivity index (χ3n) is 3.02. The van der Waals surface area contributed by atoms with Gasteiger partial charge >= 0.3 is 0 Å². The first-order valence-corrected chi connectivity index (χ1v) is 6.94. The molecule has 0 atom stereocenters. The minimum atomic E-state index is 0.391. The number of aromatic nitrogens is 4. The van der Waals surface area contributed by atoms with Gasteiger partial charge in [-0.25, -0.2) is 0 Å². The fraction of sp³-hybridized carbons (Fsp3) is 0.571. The number of nitrogens with zero attached hydrogens (tertiary/aromatic N) is 4. The summed E-state index contributed by atoms with van der Waals surface area (Å²) in [6.07, 6.45) is 5.95. The van der Waals surface area contributed by atoms with E-state index in [1.807, 2.05) is 34.0 Å². The lowest BCUT2D eigenvalue weighted by Crippen LogP contribution is -2.18. The van der Waals surface area contributed by atoms with Crippen molar-refractivity contribution in [3.63, 3.8) is 0 Å². The first kappa shape index (κ1) is 14.7. The van der Waals surface area contributed by atoms with Crippen molar-refractivity contribution in [3.8, 4) is 0 Å². The molecule has 2 aromatic heterocycles. The van der Waals surface area contributed by atoms with Crippen LogP contribution in [0.25, 0.3) is 0 Å². The zero-order valence-corrected chi connectivity index (χ0v) is 12.4. The van der Waals surface area contributed by atoms with Gasteiger partial charge < -0.3 is 10.1 Å². The Kier molecular flexibility index (Phi) is 5.31. The van der Waals surface area contributed by atoms with Crippen LogP contribution < -0.4 is 5.32 Å². The average Bonchev–Trinajstić information content (AvgIpc) is 3.05. The Morgan fingerprint density at radius 3 is 2.95 bits per heavy atom. The van der Waals surface area contributed by atoms with Crippen molar-refractivity contribution in [1.29, 1.82) is 0 Å². The van der Waals surface area contributed by atoms with E-state index in [9.17, 15) is 0 Å². The van der Waals surface area contributed by atoms with Crippen molar-refractivity contribution in [2.24, 2.45) is 0 Å². The number of ether oxygens (including phenoxy) is 1. The molecule has 6 heteroatoms. The molecule has 0 unspecified atom stereocenters. The molecular weight excluding hydrogens is 254 g/mol. The van der Waals surface area contributed by atoms with Gasteiger partial charge in [0.25, 0.3) is 0 Å². The molecule has 6 nitrogen and oxygen atoms in total. The molecule has 0 aliphatic rings. The SMILES string of the molecule is COCCNCc1cnn(Cc2ccn(C(C)C)n2)c1. The van der Waals surface area contributed by atoms with E-state index >= 15 is 0 Å². The van der Waals surface area contributed by atoms with Gasteiger partial charge in [0.05, 0.1) is 25.0 Å². The average molecular weight is 277 g/mol. The smallest absolute Gasteiger partial charge is 0.0849 e. The van der Waals surface area contributed by atoms with Crippen LogP contribution in [0.5, 0.6) is 0 Å². The third-order valence-corrected chi connectivity index (χ3v) is 3.02. The zero-order valence-electron chi connectivity index (χ0n) is 12.4. The third kappa shape index (κ3) is 4.18. The Balaban J connectivity index is 1.85. The summed E-state index contributed by atoms with van der Waals surface area (Å²) in [6.45, 7) is 7.33. The molecule has 0 aliphatic heterocycles. The van der Waals surface area contributed by atoms with Crippen LogP contribution in [-0.2, 0) is 17.8 Å². The Labute approximate surface area is 119 Å². The number of rotatable bonds is 8. The molecule has 0 radical (unpaired) electrons. The van der Waals surface area contributed by atoms with Gasteiger partial charge in [-0.05, 0) is 19.9 Å². The van der Waals surface area contributed by atoms with E-state index in [4.69, 9.17) is 4.74 Å². The summed E-state index contributed by atoms with van der Waals surface area (Å²) in [7, 11) is 1.70. The van der Waals surface area contributed by atoms with Crippen LogP contribution in [0.15, 0.2) is 24.7 Å². The maximum absolute atomic E-state index is 4.99. The molecule has 2 rings (SSSR count). The fourth-order valence-electron chi connectivity index (χ4n) is 1.91. The topological polar surface area (TPSA) is 56.9 Å². The van der Waals surface area contributed by atoms with E-state index in [-0.39, 0.29) is 0 Å². The standard InChI is InChI=1S/C14H23N5O/c1-12(2)19-6-4-14(17-19)11-18-10-13(9-16-18)8-15-5-7-20-3/h4,6,9-10,12,15H,5,7-8,11H2,1-3H3. The van der Waals surface area contributed by atoms with E-state index in [2.05, 4.69) is 29.4 Å². The Hall–Kier alpha value is -1.66. The van der Waals surface area contributed by atoms with Crippen molar-refractivity contribution in [3.05, 3.63) is 35.9 Å². The molecule has 0 amide bonds. The summed E-state index contributed by atoms with van der Waals surface area (Å²) in [4.78, 5) is 0. The molecule has 0 aliphatic carbocycles. The van der Waals surface area contributed by atoms with Crippen molar-refractivity contribution in [2.45, 2.75) is 33.0 Å². The molecule has 0 aromatic carbocycles. The zero-order chi connectivity index (χ0) is 14.4. The summed E-state index contributed by atoms with van der Waals surface area (Å²) in [5, 5.41) is 12.2. The van der Waals surface area contributed by atoms with Crippen molar-refractivity contribution >= 4 is 0 Å². The lowest BCUT2D eigenvalue weighted by Gasteiger charge is -2.04. The van der Waals surface area contributed by atoms with Crippen LogP contribution in [0, 0.1) is 0 Å². The van der Waals surface area contributed by atoms with E-state index in [0.717, 1.165) is 25.4 Å². The normalized spacial score (nSPS) is 11.4. The van der Waals surface area contributed by atoms with Gasteiger partial charge in [0, 0.05) is 44.2 Å². The number of hydrogen-bond donors (Lipinski definition) is 1. The van der Waals surface area contributed by atoms with Gasteiger partial charge in [0.1, 0.15) is 0 Å². The monoisotopic (exact) mass is 277 g/mol. The van der Waals surface area contributed by atoms with Gasteiger partial charge in [-0.15, -0.1) is 0 Å². The summed E-state index contributed by atoms with van der Waals surface area (Å²) < 4.78 is 8.87. The van der Waals surface area contributed by atoms with Gasteiger partial charge in [-0.3, -0.25) is 9.36 Å². The van der Waals surface area contributed by atoms with Crippen molar-refractivity contribution < 1.29 is 4.74 Å². The molecule has 0 saturated heterocycles. The molecule has 0 spiro atoms. The highest BCUT2D eigenvalue weighted by molar-refractivity contribution is 5.06. The minimum Gasteiger partial charge on any atom is -0.383 e. The predicted octanol–water partition coefficient (Wildman–Crippen LogP) is 1.44. The highest BCUT2D eigenvalue weighted by Gasteiger charge is 2.04. The maximum Gasteiger partial charge on any atom is 0.0849 e. The van der Waals surface area contributed by atoms with E-state index < -0.39 is 0 Å². The Morgan fingerprint density at radius 2 is 2.25 bits per heavy atom. The first-order valence-electron chi connectivity index (χ1n) is 6.94. The summed E-state index contributed by atoms with van der Waals surface area (Å²) in [5.74, 6) is 0. The summed E-state index contributed by atoms with van der Waals surface area (Å²) in [6, 6.07) is 2.43. The first-order chi connectivity index (χ1) is 9.69. The molecule has 1 N–H and O–H groups in total. The molecule has 0 bridgehead atoms. The van der Waals surface area contributed by atoms with E-state index in [1.165, 1.54) is 5.56 Å². The number of methoxy groups -OCH3 is 1. The maximum atomic E-state index is 4.99. The van der Waals surface area contributed by atoms with Crippen molar-refractivity contribution in [2.75, 3.05) is 20.3 Å². The lowest BCUT2D eigenvalue weighted by atomic mass is 10.3. The summed E-state index contributed by atoms with van der Waals surface area (Å²) in [5.41, 5.74) is 2.20. The predicted molar refractivity (Wildman–Crippen MR) is 77.5 cm³/mol. The highest BCUT2D eigenvalue weighted by atomic mass is 16.5. The van der Waals surface area contributed by atoms with E-state index in [0.29, 0.717) is 12.6 Å². The van der Waals surface area contributed by atoms with Crippen LogP contribution in [0.1, 0.15) is 31.1 Å². The Morgan fingerprint density at radius 1 is 1.40 bits per heavy atom. The molecular formula is C14H23N5O. The van der Waals surface area contributed by atoms with Crippen molar-refractivity contribution in [1.82, 2.24) is 24.9 Å². The molecule has 0 saturated carbocycles. The van der Waals surface area contributed by atoms with Crippen LogP contribution >= 0.6 is 0 Å². The second-order valence-electron chi connectivity index (χ2n) is 5.10. The summed E-state index contributed by atoms with van der Waals surface area (Å²) >= 11 is 0. The fourth-order valence-corrected chi connectivity index (χ4v) is 1.91. The van der Waals surface area contributed by atoms with E-state index in [1.54, 1.807) is 7.11 Å². The molecule has 0 fully saturated rings. The van der Waals surface area contributed by atoms with Crippen LogP contribution in [0.2, 0.25) is 0 Å². The van der Waals surface area contributed by atoms with Gasteiger partial charge in [-0.1, -0.05) is 0 Å². The van der Waals surface area contributed by atoms with Gasteiger partial charge in [0.2, 0.25) is 0 Å². The lowest BCUT2D eigenvalue weighted by molar-refractivity contribution is 0.199. The van der Waals surface area contributed by atoms with Gasteiger partial charge in [0.15, 0.2) is 0 Å². The molecule has 20 heavy (non-hydrogen) atoms. The molecule has 110 valence electrons. The highest BCUT2D eigenvalue weighted by Crippen LogP contribution is 2.06. The Bertz CT molecular complexity index is 517. The van der Waals surface area contributed by atoms with Crippen LogP contribution in [0.4, 0.5) is 0 Å². The van der Waals surface area contributed by atoms with Crippen LogP contribution in [-0.4, -0.2) is 39.8 Å². The quantitative estimate of drug-likeness (QED) is 0.742. The van der Waals surface area contributed by atoms with Gasteiger partial charge in [-0.2, -0.15) is 10.2 Å².